The topological polar surface area (TPSA) is 89.3 Å². The summed E-state index contributed by atoms with van der Waals surface area (Å²) >= 11 is 5.74. The van der Waals surface area contributed by atoms with E-state index in [2.05, 4.69) is 11.3 Å². The molecular formula is C10H11ClN2O4S. The second-order valence-electron chi connectivity index (χ2n) is 3.35. The molecule has 0 bridgehead atoms. The number of hydrogen-bond acceptors (Lipinski definition) is 4. The predicted molar refractivity (Wildman–Crippen MR) is 68.1 cm³/mol. The van der Waals surface area contributed by atoms with Crippen molar-refractivity contribution in [3.8, 4) is 0 Å². The van der Waals surface area contributed by atoms with Gasteiger partial charge in [0, 0.05) is 18.7 Å². The summed E-state index contributed by atoms with van der Waals surface area (Å²) in [5.74, 6) is 0. The number of nitrogens with zero attached hydrogens (tertiary/aromatic N) is 1. The first-order valence-electron chi connectivity index (χ1n) is 4.93. The quantitative estimate of drug-likeness (QED) is 0.376. The molecule has 0 atom stereocenters. The van der Waals surface area contributed by atoms with Crippen molar-refractivity contribution < 1.29 is 13.3 Å². The van der Waals surface area contributed by atoms with Crippen LogP contribution in [0.25, 0.3) is 0 Å². The number of rotatable bonds is 6. The SMILES string of the molecule is C=CCCNS(=O)(=O)c1cc([N+](=O)[O-])ccc1Cl. The Morgan fingerprint density at radius 3 is 2.72 bits per heavy atom. The van der Waals surface area contributed by atoms with Crippen molar-refractivity contribution in [2.45, 2.75) is 11.3 Å². The average molecular weight is 291 g/mol. The van der Waals surface area contributed by atoms with Crippen LogP contribution in [-0.2, 0) is 10.0 Å². The molecule has 1 aromatic rings. The molecule has 1 rings (SSSR count). The minimum atomic E-state index is -3.85. The standard InChI is InChI=1S/C10H11ClN2O4S/c1-2-3-6-12-18(16,17)10-7-8(13(14)15)4-5-9(10)11/h2,4-5,7,12H,1,3,6H2. The fraction of sp³-hybridized carbons (Fsp3) is 0.200. The summed E-state index contributed by atoms with van der Waals surface area (Å²) in [6.07, 6.45) is 2.00. The highest BCUT2D eigenvalue weighted by Gasteiger charge is 2.20. The summed E-state index contributed by atoms with van der Waals surface area (Å²) in [6, 6.07) is 3.26. The molecule has 0 aliphatic carbocycles. The van der Waals surface area contributed by atoms with Crippen LogP contribution >= 0.6 is 11.6 Å². The highest BCUT2D eigenvalue weighted by Crippen LogP contribution is 2.25. The summed E-state index contributed by atoms with van der Waals surface area (Å²) in [5.41, 5.74) is -0.330. The van der Waals surface area contributed by atoms with E-state index in [9.17, 15) is 18.5 Å². The lowest BCUT2D eigenvalue weighted by atomic mass is 10.3. The van der Waals surface area contributed by atoms with Gasteiger partial charge in [0.05, 0.1) is 9.95 Å². The highest BCUT2D eigenvalue weighted by atomic mass is 35.5. The summed E-state index contributed by atoms with van der Waals surface area (Å²) in [5, 5.41) is 10.5. The molecule has 0 amide bonds. The zero-order valence-electron chi connectivity index (χ0n) is 9.30. The number of benzene rings is 1. The van der Waals surface area contributed by atoms with Crippen molar-refractivity contribution in [2.75, 3.05) is 6.54 Å². The van der Waals surface area contributed by atoms with E-state index >= 15 is 0 Å². The van der Waals surface area contributed by atoms with Gasteiger partial charge in [-0.2, -0.15) is 0 Å². The number of hydrogen-bond donors (Lipinski definition) is 1. The Hall–Kier alpha value is -1.44. The fourth-order valence-corrected chi connectivity index (χ4v) is 2.75. The molecule has 0 aliphatic rings. The lowest BCUT2D eigenvalue weighted by Crippen LogP contribution is -2.24. The molecule has 8 heteroatoms. The summed E-state index contributed by atoms with van der Waals surface area (Å²) in [4.78, 5) is 9.60. The van der Waals surface area contributed by atoms with Crippen molar-refractivity contribution in [3.05, 3.63) is 46.0 Å². The van der Waals surface area contributed by atoms with E-state index in [1.54, 1.807) is 6.08 Å². The van der Waals surface area contributed by atoms with Crippen LogP contribution in [0.3, 0.4) is 0 Å². The Kier molecular flexibility index (Phi) is 4.83. The van der Waals surface area contributed by atoms with Gasteiger partial charge in [0.15, 0.2) is 0 Å². The Balaban J connectivity index is 3.10. The van der Waals surface area contributed by atoms with Crippen LogP contribution in [0, 0.1) is 10.1 Å². The molecule has 0 radical (unpaired) electrons. The smallest absolute Gasteiger partial charge is 0.258 e. The molecule has 98 valence electrons. The molecule has 18 heavy (non-hydrogen) atoms. The molecule has 0 saturated heterocycles. The van der Waals surface area contributed by atoms with Gasteiger partial charge in [-0.3, -0.25) is 10.1 Å². The van der Waals surface area contributed by atoms with Crippen LogP contribution in [0.15, 0.2) is 35.7 Å². The largest absolute Gasteiger partial charge is 0.270 e. The van der Waals surface area contributed by atoms with Gasteiger partial charge in [0.2, 0.25) is 10.0 Å². The summed E-state index contributed by atoms with van der Waals surface area (Å²) in [7, 11) is -3.85. The van der Waals surface area contributed by atoms with Gasteiger partial charge < -0.3 is 0 Å². The Bertz CT molecular complexity index is 571. The average Bonchev–Trinajstić information content (AvgIpc) is 2.29. The number of sulfonamides is 1. The van der Waals surface area contributed by atoms with E-state index in [4.69, 9.17) is 11.6 Å². The van der Waals surface area contributed by atoms with Gasteiger partial charge in [-0.1, -0.05) is 17.7 Å². The maximum atomic E-state index is 11.9. The second-order valence-corrected chi connectivity index (χ2v) is 5.49. The van der Waals surface area contributed by atoms with Crippen LogP contribution in [0.1, 0.15) is 6.42 Å². The van der Waals surface area contributed by atoms with E-state index in [0.717, 1.165) is 12.1 Å². The Labute approximate surface area is 109 Å². The molecule has 1 N–H and O–H groups in total. The number of non-ortho nitro benzene ring substituents is 1. The molecule has 0 heterocycles. The van der Waals surface area contributed by atoms with Crippen LogP contribution < -0.4 is 4.72 Å². The second kappa shape index (κ2) is 5.94. The number of nitro benzene ring substituents is 1. The lowest BCUT2D eigenvalue weighted by Gasteiger charge is -2.07. The number of nitrogens with one attached hydrogen (secondary N) is 1. The van der Waals surface area contributed by atoms with Gasteiger partial charge in [-0.15, -0.1) is 6.58 Å². The van der Waals surface area contributed by atoms with Gasteiger partial charge in [0.1, 0.15) is 4.90 Å². The van der Waals surface area contributed by atoms with Gasteiger partial charge in [0.25, 0.3) is 5.69 Å². The maximum absolute atomic E-state index is 11.9. The lowest BCUT2D eigenvalue weighted by molar-refractivity contribution is -0.385. The van der Waals surface area contributed by atoms with Crippen LogP contribution in [0.2, 0.25) is 5.02 Å². The van der Waals surface area contributed by atoms with Crippen LogP contribution in [0.4, 0.5) is 5.69 Å². The molecular weight excluding hydrogens is 280 g/mol. The van der Waals surface area contributed by atoms with Crippen molar-refractivity contribution in [3.63, 3.8) is 0 Å². The van der Waals surface area contributed by atoms with Crippen molar-refractivity contribution in [1.29, 1.82) is 0 Å². The third-order valence-corrected chi connectivity index (χ3v) is 4.00. The van der Waals surface area contributed by atoms with Crippen LogP contribution in [-0.4, -0.2) is 19.9 Å². The molecule has 0 spiro atoms. The minimum Gasteiger partial charge on any atom is -0.258 e. The third-order valence-electron chi connectivity index (χ3n) is 2.06. The molecule has 0 unspecified atom stereocenters. The minimum absolute atomic E-state index is 0.0632. The van der Waals surface area contributed by atoms with E-state index in [0.29, 0.717) is 6.42 Å². The summed E-state index contributed by atoms with van der Waals surface area (Å²) in [6.45, 7) is 3.62. The molecule has 1 aromatic carbocycles. The zero-order chi connectivity index (χ0) is 13.8. The van der Waals surface area contributed by atoms with E-state index in [1.807, 2.05) is 0 Å². The van der Waals surface area contributed by atoms with E-state index in [1.165, 1.54) is 6.07 Å². The maximum Gasteiger partial charge on any atom is 0.270 e. The number of halogens is 1. The van der Waals surface area contributed by atoms with Crippen LogP contribution in [0.5, 0.6) is 0 Å². The Morgan fingerprint density at radius 2 is 2.17 bits per heavy atom. The fourth-order valence-electron chi connectivity index (χ4n) is 1.18. The van der Waals surface area contributed by atoms with Crippen molar-refractivity contribution >= 4 is 27.3 Å². The van der Waals surface area contributed by atoms with Crippen molar-refractivity contribution in [2.24, 2.45) is 0 Å². The first-order valence-corrected chi connectivity index (χ1v) is 6.79. The molecule has 6 nitrogen and oxygen atoms in total. The van der Waals surface area contributed by atoms with Gasteiger partial charge in [-0.25, -0.2) is 13.1 Å². The number of nitro groups is 1. The Morgan fingerprint density at radius 1 is 1.50 bits per heavy atom. The molecule has 0 aliphatic heterocycles. The van der Waals surface area contributed by atoms with E-state index < -0.39 is 14.9 Å². The normalized spacial score (nSPS) is 11.2. The molecule has 0 fully saturated rings. The van der Waals surface area contributed by atoms with Gasteiger partial charge in [-0.05, 0) is 12.5 Å². The zero-order valence-corrected chi connectivity index (χ0v) is 10.9. The highest BCUT2D eigenvalue weighted by molar-refractivity contribution is 7.89. The first kappa shape index (κ1) is 14.6. The first-order chi connectivity index (χ1) is 8.38. The predicted octanol–water partition coefficient (Wildman–Crippen LogP) is 2.10. The van der Waals surface area contributed by atoms with E-state index in [-0.39, 0.29) is 22.2 Å². The molecule has 0 saturated carbocycles. The summed E-state index contributed by atoms with van der Waals surface area (Å²) < 4.78 is 26.0. The van der Waals surface area contributed by atoms with Gasteiger partial charge >= 0.3 is 0 Å². The monoisotopic (exact) mass is 290 g/mol. The van der Waals surface area contributed by atoms with Crippen molar-refractivity contribution in [1.82, 2.24) is 4.72 Å². The molecule has 0 aromatic heterocycles. The third kappa shape index (κ3) is 3.52.